The maximum atomic E-state index is 12.9. The van der Waals surface area contributed by atoms with Crippen molar-refractivity contribution in [1.82, 2.24) is 15.1 Å². The van der Waals surface area contributed by atoms with Crippen molar-refractivity contribution in [3.63, 3.8) is 0 Å². The van der Waals surface area contributed by atoms with Crippen LogP contribution in [0.25, 0.3) is 0 Å². The van der Waals surface area contributed by atoms with Crippen LogP contribution in [0.5, 0.6) is 5.75 Å². The molecule has 0 bridgehead atoms. The van der Waals surface area contributed by atoms with Gasteiger partial charge < -0.3 is 19.9 Å². The second kappa shape index (κ2) is 9.56. The lowest BCUT2D eigenvalue weighted by atomic mass is 10.1. The van der Waals surface area contributed by atoms with Gasteiger partial charge in [-0.2, -0.15) is 0 Å². The fraction of sp³-hybridized carbons (Fsp3) is 0.391. The van der Waals surface area contributed by atoms with Crippen molar-refractivity contribution in [3.8, 4) is 5.75 Å². The third-order valence-electron chi connectivity index (χ3n) is 5.42. The third kappa shape index (κ3) is 5.15. The van der Waals surface area contributed by atoms with Crippen molar-refractivity contribution in [1.29, 1.82) is 0 Å². The van der Waals surface area contributed by atoms with Crippen LogP contribution in [0.4, 0.5) is 0 Å². The Hall–Kier alpha value is -2.86. The first kappa shape index (κ1) is 20.9. The van der Waals surface area contributed by atoms with Gasteiger partial charge in [0, 0.05) is 19.5 Å². The molecule has 2 unspecified atom stereocenters. The number of likely N-dealkylation sites (tertiary alicyclic amines) is 1. The van der Waals surface area contributed by atoms with E-state index in [0.29, 0.717) is 25.9 Å². The molecule has 2 aromatic carbocycles. The average Bonchev–Trinajstić information content (AvgIpc) is 3.09. The van der Waals surface area contributed by atoms with Gasteiger partial charge in [0.15, 0.2) is 0 Å². The molecule has 1 fully saturated rings. The van der Waals surface area contributed by atoms with Crippen molar-refractivity contribution >= 4 is 11.8 Å². The first-order valence-corrected chi connectivity index (χ1v) is 9.91. The maximum Gasteiger partial charge on any atom is 0.242 e. The molecule has 1 saturated heterocycles. The lowest BCUT2D eigenvalue weighted by Gasteiger charge is -2.28. The van der Waals surface area contributed by atoms with Crippen LogP contribution >= 0.6 is 0 Å². The minimum Gasteiger partial charge on any atom is -0.497 e. The molecule has 2 atom stereocenters. The van der Waals surface area contributed by atoms with E-state index in [9.17, 15) is 9.59 Å². The van der Waals surface area contributed by atoms with Crippen molar-refractivity contribution in [2.75, 3.05) is 27.7 Å². The van der Waals surface area contributed by atoms with Crippen LogP contribution in [0.3, 0.4) is 0 Å². The predicted octanol–water partition coefficient (Wildman–Crippen LogP) is 2.61. The SMILES string of the molecule is COc1ccc(C(CNC(=O)C2CCC(=O)N2Cc2ccccc2)N(C)C)cc1. The predicted molar refractivity (Wildman–Crippen MR) is 112 cm³/mol. The summed E-state index contributed by atoms with van der Waals surface area (Å²) in [5.74, 6) is 0.747. The molecule has 1 aliphatic heterocycles. The molecule has 0 spiro atoms. The minimum absolute atomic E-state index is 0.0320. The topological polar surface area (TPSA) is 61.9 Å². The van der Waals surface area contributed by atoms with Crippen LogP contribution in [0.15, 0.2) is 54.6 Å². The molecule has 2 aromatic rings. The molecular formula is C23H29N3O3. The van der Waals surface area contributed by atoms with Crippen LogP contribution in [0.1, 0.15) is 30.0 Å². The van der Waals surface area contributed by atoms with E-state index in [-0.39, 0.29) is 17.9 Å². The molecule has 1 heterocycles. The Kier molecular flexibility index (Phi) is 6.88. The molecule has 0 radical (unpaired) electrons. The number of methoxy groups -OCH3 is 1. The molecule has 2 amide bonds. The second-order valence-electron chi connectivity index (χ2n) is 7.56. The summed E-state index contributed by atoms with van der Waals surface area (Å²) in [6.07, 6.45) is 0.979. The van der Waals surface area contributed by atoms with Crippen LogP contribution in [0, 0.1) is 0 Å². The molecule has 1 aliphatic rings. The molecule has 29 heavy (non-hydrogen) atoms. The van der Waals surface area contributed by atoms with Gasteiger partial charge in [-0.25, -0.2) is 0 Å². The van der Waals surface area contributed by atoms with Gasteiger partial charge in [0.05, 0.1) is 13.2 Å². The highest BCUT2D eigenvalue weighted by Crippen LogP contribution is 2.23. The van der Waals surface area contributed by atoms with Crippen molar-refractivity contribution in [2.45, 2.75) is 31.5 Å². The number of nitrogens with one attached hydrogen (secondary N) is 1. The van der Waals surface area contributed by atoms with Gasteiger partial charge in [-0.05, 0) is 43.8 Å². The number of rotatable bonds is 8. The van der Waals surface area contributed by atoms with Gasteiger partial charge in [-0.1, -0.05) is 42.5 Å². The molecule has 6 heteroatoms. The summed E-state index contributed by atoms with van der Waals surface area (Å²) >= 11 is 0. The summed E-state index contributed by atoms with van der Waals surface area (Å²) in [7, 11) is 5.62. The van der Waals surface area contributed by atoms with E-state index in [1.807, 2.05) is 68.7 Å². The zero-order valence-corrected chi connectivity index (χ0v) is 17.3. The summed E-state index contributed by atoms with van der Waals surface area (Å²) in [5.41, 5.74) is 2.13. The monoisotopic (exact) mass is 395 g/mol. The Morgan fingerprint density at radius 1 is 1.17 bits per heavy atom. The van der Waals surface area contributed by atoms with Crippen LogP contribution < -0.4 is 10.1 Å². The van der Waals surface area contributed by atoms with E-state index in [1.165, 1.54) is 0 Å². The number of carbonyl (C=O) groups excluding carboxylic acids is 2. The Balaban J connectivity index is 1.64. The van der Waals surface area contributed by atoms with E-state index in [0.717, 1.165) is 16.9 Å². The number of benzene rings is 2. The molecule has 6 nitrogen and oxygen atoms in total. The van der Waals surface area contributed by atoms with Gasteiger partial charge >= 0.3 is 0 Å². The standard InChI is InChI=1S/C23H29N3O3/c1-25(2)21(18-9-11-19(29-3)12-10-18)15-24-23(28)20-13-14-22(27)26(20)16-17-7-5-4-6-8-17/h4-12,20-21H,13-16H2,1-3H3,(H,24,28). The lowest BCUT2D eigenvalue weighted by Crippen LogP contribution is -2.46. The molecule has 0 aliphatic carbocycles. The first-order chi connectivity index (χ1) is 14.0. The first-order valence-electron chi connectivity index (χ1n) is 9.91. The number of hydrogen-bond acceptors (Lipinski definition) is 4. The summed E-state index contributed by atoms with van der Waals surface area (Å²) in [4.78, 5) is 29.0. The largest absolute Gasteiger partial charge is 0.497 e. The van der Waals surface area contributed by atoms with E-state index in [2.05, 4.69) is 10.2 Å². The molecule has 0 saturated carbocycles. The normalized spacial score (nSPS) is 17.4. The van der Waals surface area contributed by atoms with Gasteiger partial charge in [0.1, 0.15) is 11.8 Å². The number of ether oxygens (including phenoxy) is 1. The third-order valence-corrected chi connectivity index (χ3v) is 5.42. The highest BCUT2D eigenvalue weighted by atomic mass is 16.5. The number of likely N-dealkylation sites (N-methyl/N-ethyl adjacent to an activating group) is 1. The smallest absolute Gasteiger partial charge is 0.242 e. The second-order valence-corrected chi connectivity index (χ2v) is 7.56. The van der Waals surface area contributed by atoms with E-state index < -0.39 is 6.04 Å². The molecule has 3 rings (SSSR count). The van der Waals surface area contributed by atoms with Crippen molar-refractivity contribution < 1.29 is 14.3 Å². The lowest BCUT2D eigenvalue weighted by molar-refractivity contribution is -0.135. The Labute approximate surface area is 172 Å². The van der Waals surface area contributed by atoms with Crippen LogP contribution in [0.2, 0.25) is 0 Å². The Morgan fingerprint density at radius 2 is 1.86 bits per heavy atom. The van der Waals surface area contributed by atoms with Crippen LogP contribution in [-0.4, -0.2) is 55.4 Å². The average molecular weight is 396 g/mol. The highest BCUT2D eigenvalue weighted by molar-refractivity contribution is 5.90. The fourth-order valence-electron chi connectivity index (χ4n) is 3.72. The Morgan fingerprint density at radius 3 is 2.48 bits per heavy atom. The van der Waals surface area contributed by atoms with Gasteiger partial charge in [0.25, 0.3) is 0 Å². The quantitative estimate of drug-likeness (QED) is 0.746. The number of nitrogens with zero attached hydrogens (tertiary/aromatic N) is 2. The molecular weight excluding hydrogens is 366 g/mol. The van der Waals surface area contributed by atoms with Crippen molar-refractivity contribution in [3.05, 3.63) is 65.7 Å². The highest BCUT2D eigenvalue weighted by Gasteiger charge is 2.36. The molecule has 154 valence electrons. The van der Waals surface area contributed by atoms with E-state index >= 15 is 0 Å². The van der Waals surface area contributed by atoms with Crippen molar-refractivity contribution in [2.24, 2.45) is 0 Å². The van der Waals surface area contributed by atoms with E-state index in [4.69, 9.17) is 4.74 Å². The number of hydrogen-bond donors (Lipinski definition) is 1. The molecule has 1 N–H and O–H groups in total. The maximum absolute atomic E-state index is 12.9. The zero-order valence-electron chi connectivity index (χ0n) is 17.3. The van der Waals surface area contributed by atoms with Gasteiger partial charge in [-0.15, -0.1) is 0 Å². The van der Waals surface area contributed by atoms with Gasteiger partial charge in [0.2, 0.25) is 11.8 Å². The minimum atomic E-state index is -0.415. The molecule has 0 aromatic heterocycles. The summed E-state index contributed by atoms with van der Waals surface area (Å²) in [5, 5.41) is 3.06. The van der Waals surface area contributed by atoms with Crippen LogP contribution in [-0.2, 0) is 16.1 Å². The Bertz CT molecular complexity index is 821. The summed E-state index contributed by atoms with van der Waals surface area (Å²) in [6, 6.07) is 17.3. The summed E-state index contributed by atoms with van der Waals surface area (Å²) in [6.45, 7) is 0.940. The summed E-state index contributed by atoms with van der Waals surface area (Å²) < 4.78 is 5.22. The number of carbonyl (C=O) groups is 2. The fourth-order valence-corrected chi connectivity index (χ4v) is 3.72. The zero-order chi connectivity index (χ0) is 20.8. The van der Waals surface area contributed by atoms with E-state index in [1.54, 1.807) is 12.0 Å². The van der Waals surface area contributed by atoms with Gasteiger partial charge in [-0.3, -0.25) is 9.59 Å². The number of amides is 2.